The van der Waals surface area contributed by atoms with Crippen molar-refractivity contribution in [2.24, 2.45) is 17.8 Å². The number of hydrogen-bond donors (Lipinski definition) is 0. The quantitative estimate of drug-likeness (QED) is 0.686. The molecular weight excluding hydrogens is 214 g/mol. The van der Waals surface area contributed by atoms with Gasteiger partial charge in [0.1, 0.15) is 5.78 Å². The topological polar surface area (TPSA) is 37.4 Å². The number of likely N-dealkylation sites (tertiary alicyclic amines) is 1. The van der Waals surface area contributed by atoms with Crippen LogP contribution in [0.1, 0.15) is 45.4 Å². The van der Waals surface area contributed by atoms with E-state index in [-0.39, 0.29) is 18.1 Å². The summed E-state index contributed by atoms with van der Waals surface area (Å²) in [6, 6.07) is 0.353. The van der Waals surface area contributed by atoms with E-state index in [9.17, 15) is 9.59 Å². The highest BCUT2D eigenvalue weighted by Gasteiger charge is 2.44. The van der Waals surface area contributed by atoms with E-state index in [1.54, 1.807) is 0 Å². The van der Waals surface area contributed by atoms with Gasteiger partial charge in [-0.15, -0.1) is 0 Å². The van der Waals surface area contributed by atoms with Gasteiger partial charge < -0.3 is 4.90 Å². The lowest BCUT2D eigenvalue weighted by Crippen LogP contribution is -2.48. The molecule has 3 rings (SSSR count). The summed E-state index contributed by atoms with van der Waals surface area (Å²) in [5.41, 5.74) is 0. The number of rotatable bonds is 2. The molecule has 2 aliphatic carbocycles. The van der Waals surface area contributed by atoms with Gasteiger partial charge in [-0.25, -0.2) is 0 Å². The number of Topliss-reactive ketones (excluding diaryl/α,β-unsaturated/α-hetero) is 1. The fraction of sp³-hybridized carbons (Fsp3) is 0.857. The van der Waals surface area contributed by atoms with Gasteiger partial charge in [-0.05, 0) is 43.9 Å². The van der Waals surface area contributed by atoms with Gasteiger partial charge in [-0.2, -0.15) is 0 Å². The highest BCUT2D eigenvalue weighted by atomic mass is 16.2. The highest BCUT2D eigenvalue weighted by molar-refractivity contribution is 6.00. The van der Waals surface area contributed by atoms with Crippen molar-refractivity contribution >= 4 is 11.7 Å². The monoisotopic (exact) mass is 235 g/mol. The second kappa shape index (κ2) is 4.11. The Kier molecular flexibility index (Phi) is 2.72. The smallest absolute Gasteiger partial charge is 0.230 e. The molecule has 1 aliphatic heterocycles. The number of ketones is 1. The molecule has 94 valence electrons. The van der Waals surface area contributed by atoms with Crippen molar-refractivity contribution in [3.8, 4) is 0 Å². The van der Waals surface area contributed by atoms with Crippen LogP contribution >= 0.6 is 0 Å². The Bertz CT molecular complexity index is 352. The third kappa shape index (κ3) is 1.90. The molecule has 4 unspecified atom stereocenters. The van der Waals surface area contributed by atoms with Crippen LogP contribution in [0.2, 0.25) is 0 Å². The van der Waals surface area contributed by atoms with Crippen molar-refractivity contribution in [2.75, 3.05) is 6.54 Å². The standard InChI is InChI=1S/C14H21NO2/c1-9(13-7-10-2-3-11(13)6-10)15-5-4-12(16)8-14(15)17/h9-11,13H,2-8H2,1H3. The number of carbonyl (C=O) groups excluding carboxylic acids is 2. The zero-order chi connectivity index (χ0) is 12.0. The predicted molar refractivity (Wildman–Crippen MR) is 64.4 cm³/mol. The lowest BCUT2D eigenvalue weighted by molar-refractivity contribution is -0.142. The first-order chi connectivity index (χ1) is 8.15. The number of amides is 1. The van der Waals surface area contributed by atoms with E-state index in [4.69, 9.17) is 0 Å². The van der Waals surface area contributed by atoms with Gasteiger partial charge in [-0.3, -0.25) is 9.59 Å². The molecule has 1 saturated heterocycles. The van der Waals surface area contributed by atoms with Crippen LogP contribution in [0.5, 0.6) is 0 Å². The van der Waals surface area contributed by atoms with E-state index in [0.29, 0.717) is 24.9 Å². The zero-order valence-electron chi connectivity index (χ0n) is 10.5. The minimum Gasteiger partial charge on any atom is -0.339 e. The van der Waals surface area contributed by atoms with Crippen molar-refractivity contribution in [2.45, 2.75) is 51.5 Å². The Balaban J connectivity index is 1.68. The summed E-state index contributed by atoms with van der Waals surface area (Å²) < 4.78 is 0. The first-order valence-electron chi connectivity index (χ1n) is 6.96. The molecule has 1 heterocycles. The molecule has 17 heavy (non-hydrogen) atoms. The lowest BCUT2D eigenvalue weighted by atomic mass is 9.82. The van der Waals surface area contributed by atoms with Gasteiger partial charge in [0.05, 0.1) is 6.42 Å². The van der Waals surface area contributed by atoms with Crippen molar-refractivity contribution in [3.63, 3.8) is 0 Å². The molecule has 2 bridgehead atoms. The molecule has 0 radical (unpaired) electrons. The lowest BCUT2D eigenvalue weighted by Gasteiger charge is -2.38. The summed E-state index contributed by atoms with van der Waals surface area (Å²) in [5, 5.41) is 0. The number of hydrogen-bond acceptors (Lipinski definition) is 2. The molecule has 3 aliphatic rings. The molecule has 2 saturated carbocycles. The fourth-order valence-electron chi connectivity index (χ4n) is 4.28. The maximum atomic E-state index is 11.9. The van der Waals surface area contributed by atoms with E-state index >= 15 is 0 Å². The third-order valence-electron chi connectivity index (χ3n) is 5.20. The fourth-order valence-corrected chi connectivity index (χ4v) is 4.28. The van der Waals surface area contributed by atoms with Crippen LogP contribution in [-0.2, 0) is 9.59 Å². The summed E-state index contributed by atoms with van der Waals surface area (Å²) in [6.07, 6.45) is 6.17. The summed E-state index contributed by atoms with van der Waals surface area (Å²) in [6.45, 7) is 2.85. The van der Waals surface area contributed by atoms with E-state index in [1.807, 2.05) is 4.90 Å². The Morgan fingerprint density at radius 1 is 1.24 bits per heavy atom. The Morgan fingerprint density at radius 2 is 2.06 bits per heavy atom. The minimum atomic E-state index is 0.0662. The molecule has 4 atom stereocenters. The van der Waals surface area contributed by atoms with Crippen LogP contribution in [-0.4, -0.2) is 29.2 Å². The molecule has 0 spiro atoms. The first kappa shape index (κ1) is 11.2. The van der Waals surface area contributed by atoms with Crippen molar-refractivity contribution in [1.29, 1.82) is 0 Å². The predicted octanol–water partition coefficient (Wildman–Crippen LogP) is 2.00. The molecule has 3 nitrogen and oxygen atoms in total. The van der Waals surface area contributed by atoms with Gasteiger partial charge in [0.25, 0.3) is 0 Å². The van der Waals surface area contributed by atoms with E-state index in [1.165, 1.54) is 25.7 Å². The summed E-state index contributed by atoms with van der Waals surface area (Å²) >= 11 is 0. The number of fused-ring (bicyclic) bond motifs is 2. The second-order valence-corrected chi connectivity index (χ2v) is 6.13. The van der Waals surface area contributed by atoms with Gasteiger partial charge in [0, 0.05) is 19.0 Å². The van der Waals surface area contributed by atoms with Crippen molar-refractivity contribution in [3.05, 3.63) is 0 Å². The van der Waals surface area contributed by atoms with Crippen LogP contribution in [0.25, 0.3) is 0 Å². The number of piperidine rings is 1. The SMILES string of the molecule is CC(C1CC2CCC1C2)N1CCC(=O)CC1=O. The highest BCUT2D eigenvalue weighted by Crippen LogP contribution is 2.50. The number of nitrogens with zero attached hydrogens (tertiary/aromatic N) is 1. The molecule has 0 aromatic heterocycles. The van der Waals surface area contributed by atoms with Crippen LogP contribution < -0.4 is 0 Å². The summed E-state index contributed by atoms with van der Waals surface area (Å²) in [5.74, 6) is 2.66. The van der Waals surface area contributed by atoms with Crippen LogP contribution in [0, 0.1) is 17.8 Å². The molecule has 1 amide bonds. The zero-order valence-corrected chi connectivity index (χ0v) is 10.5. The first-order valence-corrected chi connectivity index (χ1v) is 6.96. The van der Waals surface area contributed by atoms with Gasteiger partial charge >= 0.3 is 0 Å². The van der Waals surface area contributed by atoms with Crippen LogP contribution in [0.4, 0.5) is 0 Å². The van der Waals surface area contributed by atoms with Crippen LogP contribution in [0.3, 0.4) is 0 Å². The van der Waals surface area contributed by atoms with Gasteiger partial charge in [0.15, 0.2) is 0 Å². The average Bonchev–Trinajstić information content (AvgIpc) is 2.89. The van der Waals surface area contributed by atoms with E-state index in [0.717, 1.165) is 11.8 Å². The van der Waals surface area contributed by atoms with E-state index in [2.05, 4.69) is 6.92 Å². The van der Waals surface area contributed by atoms with Crippen molar-refractivity contribution < 1.29 is 9.59 Å². The number of carbonyl (C=O) groups is 2. The molecule has 3 heteroatoms. The maximum absolute atomic E-state index is 11.9. The Labute approximate surface area is 103 Å². The minimum absolute atomic E-state index is 0.0662. The summed E-state index contributed by atoms with van der Waals surface area (Å²) in [4.78, 5) is 25.1. The second-order valence-electron chi connectivity index (χ2n) is 6.13. The molecule has 0 aromatic carbocycles. The normalized spacial score (nSPS) is 38.9. The van der Waals surface area contributed by atoms with Gasteiger partial charge in [0.2, 0.25) is 5.91 Å². The van der Waals surface area contributed by atoms with Crippen LogP contribution in [0.15, 0.2) is 0 Å². The molecule has 0 N–H and O–H groups in total. The van der Waals surface area contributed by atoms with Gasteiger partial charge in [-0.1, -0.05) is 6.42 Å². The molecule has 0 aromatic rings. The summed E-state index contributed by atoms with van der Waals surface area (Å²) in [7, 11) is 0. The largest absolute Gasteiger partial charge is 0.339 e. The Morgan fingerprint density at radius 3 is 2.65 bits per heavy atom. The maximum Gasteiger partial charge on any atom is 0.230 e. The third-order valence-corrected chi connectivity index (χ3v) is 5.20. The van der Waals surface area contributed by atoms with E-state index < -0.39 is 0 Å². The molecule has 3 fully saturated rings. The molecular formula is C14H21NO2. The van der Waals surface area contributed by atoms with Crippen molar-refractivity contribution in [1.82, 2.24) is 4.90 Å². The average molecular weight is 235 g/mol. The Hall–Kier alpha value is -0.860.